The fourth-order valence-electron chi connectivity index (χ4n) is 3.16. The van der Waals surface area contributed by atoms with E-state index in [1.807, 2.05) is 11.8 Å². The highest BCUT2D eigenvalue weighted by molar-refractivity contribution is 5.81. The van der Waals surface area contributed by atoms with Crippen molar-refractivity contribution < 1.29 is 14.6 Å². The third-order valence-corrected chi connectivity index (χ3v) is 4.33. The molecule has 0 spiro atoms. The molecule has 0 aromatic rings. The van der Waals surface area contributed by atoms with E-state index < -0.39 is 0 Å². The molecule has 0 bridgehead atoms. The summed E-state index contributed by atoms with van der Waals surface area (Å²) in [4.78, 5) is 14.2. The molecule has 1 aliphatic heterocycles. The van der Waals surface area contributed by atoms with Gasteiger partial charge >= 0.3 is 0 Å². The van der Waals surface area contributed by atoms with E-state index in [0.29, 0.717) is 26.3 Å². The van der Waals surface area contributed by atoms with Crippen LogP contribution < -0.4 is 5.32 Å². The molecule has 1 saturated carbocycles. The molecular formula is C14H26N2O3. The van der Waals surface area contributed by atoms with Gasteiger partial charge in [0.1, 0.15) is 0 Å². The number of hydrogen-bond acceptors (Lipinski definition) is 4. The number of aliphatic hydroxyl groups is 1. The summed E-state index contributed by atoms with van der Waals surface area (Å²) in [6, 6.07) is -0.233. The minimum Gasteiger partial charge on any atom is -0.394 e. The number of hydrogen-bond donors (Lipinski definition) is 2. The van der Waals surface area contributed by atoms with E-state index in [1.54, 1.807) is 0 Å². The molecule has 5 heteroatoms. The van der Waals surface area contributed by atoms with E-state index in [9.17, 15) is 9.90 Å². The molecule has 0 aromatic heterocycles. The van der Waals surface area contributed by atoms with Crippen LogP contribution in [0.3, 0.4) is 0 Å². The Morgan fingerprint density at radius 1 is 1.32 bits per heavy atom. The SMILES string of the molecule is CC(NC1(CO)CCCCC1)C(=O)N1CCOCC1. The second-order valence-electron chi connectivity index (χ2n) is 5.80. The molecule has 2 rings (SSSR count). The predicted molar refractivity (Wildman–Crippen MR) is 72.9 cm³/mol. The van der Waals surface area contributed by atoms with Gasteiger partial charge in [-0.2, -0.15) is 0 Å². The van der Waals surface area contributed by atoms with E-state index in [1.165, 1.54) is 6.42 Å². The van der Waals surface area contributed by atoms with Crippen LogP contribution in [0, 0.1) is 0 Å². The standard InChI is InChI=1S/C14H26N2O3/c1-12(13(18)16-7-9-19-10-8-16)15-14(11-17)5-3-2-4-6-14/h12,15,17H,2-11H2,1H3. The molecule has 1 heterocycles. The Bertz CT molecular complexity index is 297. The molecule has 1 saturated heterocycles. The Morgan fingerprint density at radius 2 is 1.95 bits per heavy atom. The average molecular weight is 270 g/mol. The number of ether oxygens (including phenoxy) is 1. The van der Waals surface area contributed by atoms with E-state index in [0.717, 1.165) is 25.7 Å². The molecule has 5 nitrogen and oxygen atoms in total. The van der Waals surface area contributed by atoms with Gasteiger partial charge in [-0.25, -0.2) is 0 Å². The average Bonchev–Trinajstić information content (AvgIpc) is 2.48. The van der Waals surface area contributed by atoms with Crippen molar-refractivity contribution in [1.82, 2.24) is 10.2 Å². The maximum absolute atomic E-state index is 12.4. The Labute approximate surface area is 115 Å². The van der Waals surface area contributed by atoms with E-state index in [-0.39, 0.29) is 24.1 Å². The molecular weight excluding hydrogens is 244 g/mol. The van der Waals surface area contributed by atoms with Crippen LogP contribution in [0.5, 0.6) is 0 Å². The Balaban J connectivity index is 1.90. The van der Waals surface area contributed by atoms with Gasteiger partial charge in [0.05, 0.1) is 25.9 Å². The Hall–Kier alpha value is -0.650. The van der Waals surface area contributed by atoms with Crippen molar-refractivity contribution in [2.45, 2.75) is 50.6 Å². The second kappa shape index (κ2) is 6.68. The number of nitrogens with one attached hydrogen (secondary N) is 1. The van der Waals surface area contributed by atoms with Gasteiger partial charge < -0.3 is 14.7 Å². The van der Waals surface area contributed by atoms with Crippen molar-refractivity contribution in [3.63, 3.8) is 0 Å². The van der Waals surface area contributed by atoms with Crippen molar-refractivity contribution in [3.8, 4) is 0 Å². The quantitative estimate of drug-likeness (QED) is 0.782. The van der Waals surface area contributed by atoms with Crippen molar-refractivity contribution in [2.75, 3.05) is 32.9 Å². The molecule has 2 N–H and O–H groups in total. The molecule has 1 aliphatic carbocycles. The maximum Gasteiger partial charge on any atom is 0.239 e. The summed E-state index contributed by atoms with van der Waals surface area (Å²) < 4.78 is 5.27. The zero-order chi connectivity index (χ0) is 13.7. The fourth-order valence-corrected chi connectivity index (χ4v) is 3.16. The van der Waals surface area contributed by atoms with E-state index in [2.05, 4.69) is 5.32 Å². The zero-order valence-electron chi connectivity index (χ0n) is 11.9. The molecule has 0 aromatic carbocycles. The fraction of sp³-hybridized carbons (Fsp3) is 0.929. The maximum atomic E-state index is 12.4. The van der Waals surface area contributed by atoms with Crippen LogP contribution >= 0.6 is 0 Å². The number of rotatable bonds is 4. The van der Waals surface area contributed by atoms with E-state index >= 15 is 0 Å². The van der Waals surface area contributed by atoms with E-state index in [4.69, 9.17) is 4.74 Å². The molecule has 1 atom stereocenters. The van der Waals surface area contributed by atoms with Crippen LogP contribution in [0.2, 0.25) is 0 Å². The van der Waals surface area contributed by atoms with Gasteiger partial charge in [-0.15, -0.1) is 0 Å². The minimum absolute atomic E-state index is 0.119. The number of carbonyl (C=O) groups is 1. The summed E-state index contributed by atoms with van der Waals surface area (Å²) in [6.45, 7) is 4.64. The first-order chi connectivity index (χ1) is 9.17. The summed E-state index contributed by atoms with van der Waals surface area (Å²) in [5, 5.41) is 13.1. The van der Waals surface area contributed by atoms with Gasteiger partial charge in [-0.3, -0.25) is 10.1 Å². The first-order valence-electron chi connectivity index (χ1n) is 7.42. The first-order valence-corrected chi connectivity index (χ1v) is 7.42. The van der Waals surface area contributed by atoms with Crippen LogP contribution in [0.1, 0.15) is 39.0 Å². The highest BCUT2D eigenvalue weighted by Gasteiger charge is 2.35. The van der Waals surface area contributed by atoms with Crippen LogP contribution in [0.4, 0.5) is 0 Å². The predicted octanol–water partition coefficient (Wildman–Crippen LogP) is 0.518. The summed E-state index contributed by atoms with van der Waals surface area (Å²) in [7, 11) is 0. The number of nitrogens with zero attached hydrogens (tertiary/aromatic N) is 1. The van der Waals surface area contributed by atoms with Gasteiger partial charge in [0, 0.05) is 18.6 Å². The van der Waals surface area contributed by atoms with Gasteiger partial charge in [0.15, 0.2) is 0 Å². The third-order valence-electron chi connectivity index (χ3n) is 4.33. The summed E-state index contributed by atoms with van der Waals surface area (Å²) in [5.41, 5.74) is -0.250. The van der Waals surface area contributed by atoms with Gasteiger partial charge in [-0.05, 0) is 19.8 Å². The Morgan fingerprint density at radius 3 is 2.53 bits per heavy atom. The number of aliphatic hydroxyl groups excluding tert-OH is 1. The monoisotopic (exact) mass is 270 g/mol. The normalized spacial score (nSPS) is 25.1. The highest BCUT2D eigenvalue weighted by atomic mass is 16.5. The lowest BCUT2D eigenvalue weighted by molar-refractivity contribution is -0.138. The summed E-state index contributed by atoms with van der Waals surface area (Å²) in [6.07, 6.45) is 5.42. The van der Waals surface area contributed by atoms with Crippen LogP contribution in [0.15, 0.2) is 0 Å². The van der Waals surface area contributed by atoms with Crippen molar-refractivity contribution in [2.24, 2.45) is 0 Å². The molecule has 19 heavy (non-hydrogen) atoms. The molecule has 2 aliphatic rings. The van der Waals surface area contributed by atoms with Gasteiger partial charge in [-0.1, -0.05) is 19.3 Å². The molecule has 2 fully saturated rings. The number of morpholine rings is 1. The van der Waals surface area contributed by atoms with Gasteiger partial charge in [0.2, 0.25) is 5.91 Å². The lowest BCUT2D eigenvalue weighted by atomic mass is 9.81. The summed E-state index contributed by atoms with van der Waals surface area (Å²) in [5.74, 6) is 0.127. The molecule has 1 unspecified atom stereocenters. The first kappa shape index (κ1) is 14.8. The molecule has 1 amide bonds. The second-order valence-corrected chi connectivity index (χ2v) is 5.80. The van der Waals surface area contributed by atoms with Crippen LogP contribution in [0.25, 0.3) is 0 Å². The van der Waals surface area contributed by atoms with Crippen molar-refractivity contribution in [3.05, 3.63) is 0 Å². The van der Waals surface area contributed by atoms with Crippen molar-refractivity contribution >= 4 is 5.91 Å². The largest absolute Gasteiger partial charge is 0.394 e. The third kappa shape index (κ3) is 3.68. The summed E-state index contributed by atoms with van der Waals surface area (Å²) >= 11 is 0. The topological polar surface area (TPSA) is 61.8 Å². The van der Waals surface area contributed by atoms with Gasteiger partial charge in [0.25, 0.3) is 0 Å². The molecule has 0 radical (unpaired) electrons. The van der Waals surface area contributed by atoms with Crippen LogP contribution in [-0.2, 0) is 9.53 Å². The number of amides is 1. The smallest absolute Gasteiger partial charge is 0.239 e. The zero-order valence-corrected chi connectivity index (χ0v) is 11.9. The number of carbonyl (C=O) groups excluding carboxylic acids is 1. The Kier molecular flexibility index (Phi) is 5.19. The van der Waals surface area contributed by atoms with Crippen LogP contribution in [-0.4, -0.2) is 60.4 Å². The van der Waals surface area contributed by atoms with Crippen molar-refractivity contribution in [1.29, 1.82) is 0 Å². The lowest BCUT2D eigenvalue weighted by Crippen LogP contribution is -2.58. The minimum atomic E-state index is -0.250. The highest BCUT2D eigenvalue weighted by Crippen LogP contribution is 2.28. The molecule has 110 valence electrons. The lowest BCUT2D eigenvalue weighted by Gasteiger charge is -2.40.